The van der Waals surface area contributed by atoms with E-state index in [1.807, 2.05) is 6.07 Å². The average molecular weight is 358 g/mol. The summed E-state index contributed by atoms with van der Waals surface area (Å²) in [4.78, 5) is 37.0. The third-order valence-corrected chi connectivity index (χ3v) is 5.33. The van der Waals surface area contributed by atoms with Crippen molar-refractivity contribution in [3.05, 3.63) is 51.2 Å². The van der Waals surface area contributed by atoms with Crippen molar-refractivity contribution in [3.8, 4) is 0 Å². The van der Waals surface area contributed by atoms with Gasteiger partial charge in [-0.3, -0.25) is 14.4 Å². The molecule has 0 saturated heterocycles. The molecule has 3 rings (SSSR count). The lowest BCUT2D eigenvalue weighted by molar-refractivity contribution is -0.138. The second-order valence-corrected chi connectivity index (χ2v) is 7.11. The summed E-state index contributed by atoms with van der Waals surface area (Å²) in [6, 6.07) is 7.34. The average Bonchev–Trinajstić information content (AvgIpc) is 3.17. The number of aryl methyl sites for hydroxylation is 2. The minimum absolute atomic E-state index is 0.156. The molecule has 1 atom stereocenters. The maximum absolute atomic E-state index is 12.3. The number of amides is 2. The minimum atomic E-state index is -1.10. The lowest BCUT2D eigenvalue weighted by Gasteiger charge is -2.10. The zero-order valence-corrected chi connectivity index (χ0v) is 14.5. The van der Waals surface area contributed by atoms with E-state index in [0.717, 1.165) is 19.3 Å². The lowest BCUT2D eigenvalue weighted by Crippen LogP contribution is -2.38. The van der Waals surface area contributed by atoms with E-state index < -0.39 is 17.9 Å². The van der Waals surface area contributed by atoms with E-state index in [1.54, 1.807) is 24.3 Å². The molecule has 3 N–H and O–H groups in total. The van der Waals surface area contributed by atoms with Crippen molar-refractivity contribution in [1.82, 2.24) is 5.32 Å². The largest absolute Gasteiger partial charge is 0.480 e. The molecule has 0 bridgehead atoms. The van der Waals surface area contributed by atoms with Crippen LogP contribution >= 0.6 is 11.3 Å². The molecule has 0 spiro atoms. The number of hydrogen-bond donors (Lipinski definition) is 3. The van der Waals surface area contributed by atoms with Gasteiger partial charge in [-0.15, -0.1) is 11.3 Å². The molecule has 1 unspecified atom stereocenters. The first-order valence-electron chi connectivity index (χ1n) is 8.00. The highest BCUT2D eigenvalue weighted by atomic mass is 32.1. The number of fused-ring (bicyclic) bond motifs is 1. The van der Waals surface area contributed by atoms with Crippen LogP contribution in [0.5, 0.6) is 0 Å². The van der Waals surface area contributed by atoms with Crippen molar-refractivity contribution < 1.29 is 19.5 Å². The molecule has 0 radical (unpaired) electrons. The molecule has 7 heteroatoms. The van der Waals surface area contributed by atoms with Crippen LogP contribution < -0.4 is 10.6 Å². The second-order valence-electron chi connectivity index (χ2n) is 5.98. The van der Waals surface area contributed by atoms with E-state index in [2.05, 4.69) is 10.6 Å². The molecular weight excluding hydrogens is 340 g/mol. The number of carboxylic acids is 1. The number of nitrogens with one attached hydrogen (secondary N) is 2. The molecule has 6 nitrogen and oxygen atoms in total. The van der Waals surface area contributed by atoms with Gasteiger partial charge < -0.3 is 15.7 Å². The van der Waals surface area contributed by atoms with Gasteiger partial charge in [0.05, 0.1) is 4.88 Å². The van der Waals surface area contributed by atoms with E-state index in [0.29, 0.717) is 16.1 Å². The fraction of sp³-hybridized carbons (Fsp3) is 0.278. The highest BCUT2D eigenvalue weighted by Gasteiger charge is 2.19. The van der Waals surface area contributed by atoms with Crippen molar-refractivity contribution >= 4 is 34.8 Å². The first-order chi connectivity index (χ1) is 11.9. The number of rotatable bonds is 5. The van der Waals surface area contributed by atoms with Gasteiger partial charge in [0, 0.05) is 16.1 Å². The quantitative estimate of drug-likeness (QED) is 0.766. The van der Waals surface area contributed by atoms with Gasteiger partial charge in [0.1, 0.15) is 6.04 Å². The topological polar surface area (TPSA) is 95.5 Å². The van der Waals surface area contributed by atoms with Gasteiger partial charge in [0.2, 0.25) is 0 Å². The van der Waals surface area contributed by atoms with Crippen molar-refractivity contribution in [2.45, 2.75) is 32.2 Å². The fourth-order valence-electron chi connectivity index (χ4n) is 2.68. The van der Waals surface area contributed by atoms with Crippen LogP contribution in [0.3, 0.4) is 0 Å². The molecule has 1 aliphatic carbocycles. The molecule has 25 heavy (non-hydrogen) atoms. The Bertz CT molecular complexity index is 805. The van der Waals surface area contributed by atoms with Gasteiger partial charge in [0.25, 0.3) is 11.8 Å². The molecule has 0 fully saturated rings. The number of anilines is 1. The molecule has 2 amide bonds. The standard InChI is InChI=1S/C18H18N2O4S/c1-10(18(23)24)19-16(21)11-5-7-13(8-6-11)20-17(22)15-9-12-3-2-4-14(12)25-15/h5-10H,2-4H2,1H3,(H,19,21)(H,20,22)(H,23,24). The van der Waals surface area contributed by atoms with Crippen LogP contribution in [-0.4, -0.2) is 28.9 Å². The Hall–Kier alpha value is -2.67. The Balaban J connectivity index is 1.63. The molecule has 1 aromatic carbocycles. The zero-order valence-electron chi connectivity index (χ0n) is 13.7. The Labute approximate surface area is 148 Å². The maximum Gasteiger partial charge on any atom is 0.325 e. The van der Waals surface area contributed by atoms with Crippen LogP contribution in [0, 0.1) is 0 Å². The molecule has 1 aromatic heterocycles. The summed E-state index contributed by atoms with van der Waals surface area (Å²) in [5.41, 5.74) is 2.19. The van der Waals surface area contributed by atoms with Crippen LogP contribution in [0.1, 0.15) is 43.8 Å². The number of carboxylic acid groups (broad SMARTS) is 1. The number of thiophene rings is 1. The van der Waals surface area contributed by atoms with Gasteiger partial charge >= 0.3 is 5.97 Å². The van der Waals surface area contributed by atoms with E-state index >= 15 is 0 Å². The zero-order chi connectivity index (χ0) is 18.0. The number of carbonyl (C=O) groups is 3. The molecular formula is C18H18N2O4S. The summed E-state index contributed by atoms with van der Waals surface area (Å²) in [7, 11) is 0. The van der Waals surface area contributed by atoms with Crippen molar-refractivity contribution in [2.24, 2.45) is 0 Å². The first kappa shape index (κ1) is 17.2. The number of hydrogen-bond acceptors (Lipinski definition) is 4. The smallest absolute Gasteiger partial charge is 0.325 e. The number of aliphatic carboxylic acids is 1. The second kappa shape index (κ2) is 7.06. The molecule has 0 aliphatic heterocycles. The van der Waals surface area contributed by atoms with E-state index in [4.69, 9.17) is 5.11 Å². The van der Waals surface area contributed by atoms with Crippen molar-refractivity contribution in [2.75, 3.05) is 5.32 Å². The Morgan fingerprint density at radius 1 is 1.12 bits per heavy atom. The Morgan fingerprint density at radius 3 is 2.48 bits per heavy atom. The summed E-state index contributed by atoms with van der Waals surface area (Å²) >= 11 is 1.54. The van der Waals surface area contributed by atoms with Crippen LogP contribution in [-0.2, 0) is 17.6 Å². The molecule has 2 aromatic rings. The van der Waals surface area contributed by atoms with Gasteiger partial charge in [-0.05, 0) is 62.1 Å². The highest BCUT2D eigenvalue weighted by Crippen LogP contribution is 2.31. The van der Waals surface area contributed by atoms with Crippen LogP contribution in [0.4, 0.5) is 5.69 Å². The van der Waals surface area contributed by atoms with Crippen LogP contribution in [0.2, 0.25) is 0 Å². The van der Waals surface area contributed by atoms with Crippen molar-refractivity contribution in [3.63, 3.8) is 0 Å². The van der Waals surface area contributed by atoms with E-state index in [-0.39, 0.29) is 5.91 Å². The maximum atomic E-state index is 12.3. The molecule has 0 saturated carbocycles. The summed E-state index contributed by atoms with van der Waals surface area (Å²) in [6.07, 6.45) is 3.25. The predicted octanol–water partition coefficient (Wildman–Crippen LogP) is 2.69. The van der Waals surface area contributed by atoms with Gasteiger partial charge in [-0.25, -0.2) is 0 Å². The third kappa shape index (κ3) is 3.88. The minimum Gasteiger partial charge on any atom is -0.480 e. The van der Waals surface area contributed by atoms with Gasteiger partial charge in [-0.1, -0.05) is 0 Å². The van der Waals surface area contributed by atoms with E-state index in [9.17, 15) is 14.4 Å². The Kier molecular flexibility index (Phi) is 4.85. The number of carbonyl (C=O) groups excluding carboxylic acids is 2. The van der Waals surface area contributed by atoms with E-state index in [1.165, 1.54) is 28.7 Å². The van der Waals surface area contributed by atoms with Crippen LogP contribution in [0.15, 0.2) is 30.3 Å². The monoisotopic (exact) mass is 358 g/mol. The molecule has 130 valence electrons. The summed E-state index contributed by atoms with van der Waals surface area (Å²) in [5, 5.41) is 14.0. The third-order valence-electron chi connectivity index (χ3n) is 4.09. The normalized spacial score (nSPS) is 13.8. The fourth-order valence-corrected chi connectivity index (χ4v) is 3.83. The Morgan fingerprint density at radius 2 is 1.84 bits per heavy atom. The van der Waals surface area contributed by atoms with Crippen LogP contribution in [0.25, 0.3) is 0 Å². The molecule has 1 aliphatic rings. The first-order valence-corrected chi connectivity index (χ1v) is 8.82. The number of benzene rings is 1. The summed E-state index contributed by atoms with van der Waals surface area (Å²) in [6.45, 7) is 1.40. The lowest BCUT2D eigenvalue weighted by atomic mass is 10.1. The SMILES string of the molecule is CC(NC(=O)c1ccc(NC(=O)c2cc3c(s2)CCC3)cc1)C(=O)O. The summed E-state index contributed by atoms with van der Waals surface area (Å²) in [5.74, 6) is -1.72. The van der Waals surface area contributed by atoms with Crippen molar-refractivity contribution in [1.29, 1.82) is 0 Å². The van der Waals surface area contributed by atoms with Gasteiger partial charge in [-0.2, -0.15) is 0 Å². The predicted molar refractivity (Wildman–Crippen MR) is 95.3 cm³/mol. The highest BCUT2D eigenvalue weighted by molar-refractivity contribution is 7.14. The molecule has 1 heterocycles. The van der Waals surface area contributed by atoms with Gasteiger partial charge in [0.15, 0.2) is 0 Å². The summed E-state index contributed by atoms with van der Waals surface area (Å²) < 4.78 is 0.